The van der Waals surface area contributed by atoms with Crippen molar-refractivity contribution >= 4 is 21.8 Å². The van der Waals surface area contributed by atoms with Crippen molar-refractivity contribution in [2.75, 3.05) is 0 Å². The Morgan fingerprint density at radius 2 is 1.86 bits per heavy atom. The van der Waals surface area contributed by atoms with Gasteiger partial charge >= 0.3 is 6.01 Å². The molecule has 0 saturated carbocycles. The lowest BCUT2D eigenvalue weighted by Crippen LogP contribution is -1.90. The van der Waals surface area contributed by atoms with E-state index < -0.39 is 0 Å². The zero-order valence-electron chi connectivity index (χ0n) is 11.4. The highest BCUT2D eigenvalue weighted by molar-refractivity contribution is 6.10. The number of aromatic amines is 1. The molecule has 1 N–H and O–H groups in total. The van der Waals surface area contributed by atoms with Crippen molar-refractivity contribution in [3.8, 4) is 11.8 Å². The number of ether oxygens (including phenoxy) is 1. The van der Waals surface area contributed by atoms with Crippen LogP contribution in [0.2, 0.25) is 0 Å². The second-order valence-electron chi connectivity index (χ2n) is 4.81. The summed E-state index contributed by atoms with van der Waals surface area (Å²) in [4.78, 5) is 15.9. The van der Waals surface area contributed by atoms with Gasteiger partial charge in [-0.1, -0.05) is 6.07 Å². The van der Waals surface area contributed by atoms with Gasteiger partial charge in [-0.2, -0.15) is 0 Å². The first-order valence-corrected chi connectivity index (χ1v) is 6.63. The highest BCUT2D eigenvalue weighted by Gasteiger charge is 2.11. The molecule has 0 aliphatic carbocycles. The lowest BCUT2D eigenvalue weighted by atomic mass is 10.1. The van der Waals surface area contributed by atoms with E-state index in [4.69, 9.17) is 4.74 Å². The average Bonchev–Trinajstić information content (AvgIpc) is 2.87. The molecule has 4 aromatic rings. The van der Waals surface area contributed by atoms with Crippen molar-refractivity contribution in [3.05, 3.63) is 54.6 Å². The van der Waals surface area contributed by atoms with Crippen LogP contribution in [0.3, 0.4) is 0 Å². The molecule has 21 heavy (non-hydrogen) atoms. The Kier molecular flexibility index (Phi) is 2.57. The van der Waals surface area contributed by atoms with Crippen molar-refractivity contribution in [3.63, 3.8) is 0 Å². The number of nitrogens with zero attached hydrogens (tertiary/aromatic N) is 3. The number of aryl methyl sites for hydroxylation is 1. The molecule has 102 valence electrons. The zero-order valence-corrected chi connectivity index (χ0v) is 11.4. The Morgan fingerprint density at radius 3 is 2.71 bits per heavy atom. The van der Waals surface area contributed by atoms with E-state index in [-0.39, 0.29) is 0 Å². The second-order valence-corrected chi connectivity index (χ2v) is 4.81. The van der Waals surface area contributed by atoms with Crippen LogP contribution in [-0.2, 0) is 0 Å². The summed E-state index contributed by atoms with van der Waals surface area (Å²) in [5.41, 5.74) is 2.96. The molecule has 0 bridgehead atoms. The van der Waals surface area contributed by atoms with Crippen LogP contribution in [0, 0.1) is 6.92 Å². The first-order chi connectivity index (χ1) is 10.3. The van der Waals surface area contributed by atoms with Crippen molar-refractivity contribution in [2.24, 2.45) is 0 Å². The maximum Gasteiger partial charge on any atom is 0.321 e. The van der Waals surface area contributed by atoms with E-state index in [1.165, 1.54) is 0 Å². The second kappa shape index (κ2) is 4.56. The van der Waals surface area contributed by atoms with Crippen LogP contribution in [0.15, 0.2) is 48.9 Å². The third-order valence-electron chi connectivity index (χ3n) is 3.35. The predicted molar refractivity (Wildman–Crippen MR) is 80.4 cm³/mol. The zero-order chi connectivity index (χ0) is 14.2. The number of nitrogens with one attached hydrogen (secondary N) is 1. The Hall–Kier alpha value is -2.95. The van der Waals surface area contributed by atoms with E-state index in [9.17, 15) is 0 Å². The minimum absolute atomic E-state index is 0.338. The Morgan fingerprint density at radius 1 is 1.00 bits per heavy atom. The topological polar surface area (TPSA) is 63.7 Å². The van der Waals surface area contributed by atoms with Crippen LogP contribution in [0.4, 0.5) is 0 Å². The summed E-state index contributed by atoms with van der Waals surface area (Å²) in [7, 11) is 0. The molecule has 1 aromatic carbocycles. The van der Waals surface area contributed by atoms with Crippen molar-refractivity contribution in [1.82, 2.24) is 19.9 Å². The molecule has 0 radical (unpaired) electrons. The van der Waals surface area contributed by atoms with Gasteiger partial charge in [-0.25, -0.2) is 9.97 Å². The summed E-state index contributed by atoms with van der Waals surface area (Å²) < 4.78 is 5.84. The van der Waals surface area contributed by atoms with Crippen molar-refractivity contribution < 1.29 is 4.74 Å². The summed E-state index contributed by atoms with van der Waals surface area (Å²) in [5.74, 6) is 0.732. The summed E-state index contributed by atoms with van der Waals surface area (Å²) in [6.45, 7) is 1.97. The highest BCUT2D eigenvalue weighted by atomic mass is 16.5. The van der Waals surface area contributed by atoms with Crippen molar-refractivity contribution in [1.29, 1.82) is 0 Å². The SMILES string of the molecule is Cc1cc2c(cn1)[nH]c1cccc(Oc3ncccn3)c12. The fourth-order valence-corrected chi connectivity index (χ4v) is 2.45. The van der Waals surface area contributed by atoms with Gasteiger partial charge in [0.25, 0.3) is 0 Å². The van der Waals surface area contributed by atoms with E-state index in [0.717, 1.165) is 33.2 Å². The lowest BCUT2D eigenvalue weighted by Gasteiger charge is -2.05. The Balaban J connectivity index is 1.96. The molecular formula is C16H12N4O. The van der Waals surface area contributed by atoms with Gasteiger partial charge < -0.3 is 9.72 Å². The molecule has 0 spiro atoms. The number of rotatable bonds is 2. The molecule has 0 amide bonds. The summed E-state index contributed by atoms with van der Waals surface area (Å²) in [6.07, 6.45) is 5.16. The fourth-order valence-electron chi connectivity index (χ4n) is 2.45. The molecule has 4 rings (SSSR count). The minimum atomic E-state index is 0.338. The molecule has 0 aliphatic rings. The molecular weight excluding hydrogens is 264 g/mol. The molecule has 0 atom stereocenters. The molecule has 3 heterocycles. The third-order valence-corrected chi connectivity index (χ3v) is 3.35. The van der Waals surface area contributed by atoms with Gasteiger partial charge in [0.1, 0.15) is 5.75 Å². The normalized spacial score (nSPS) is 11.1. The van der Waals surface area contributed by atoms with Gasteiger partial charge in [0.2, 0.25) is 0 Å². The van der Waals surface area contributed by atoms with E-state index in [1.54, 1.807) is 18.5 Å². The maximum atomic E-state index is 5.84. The number of aromatic nitrogens is 4. The number of pyridine rings is 1. The quantitative estimate of drug-likeness (QED) is 0.607. The molecule has 5 nitrogen and oxygen atoms in total. The van der Waals surface area contributed by atoms with Crippen LogP contribution in [0.25, 0.3) is 21.8 Å². The number of hydrogen-bond donors (Lipinski definition) is 1. The molecule has 0 aliphatic heterocycles. The monoisotopic (exact) mass is 276 g/mol. The van der Waals surface area contributed by atoms with E-state index in [1.807, 2.05) is 37.4 Å². The highest BCUT2D eigenvalue weighted by Crippen LogP contribution is 2.34. The van der Waals surface area contributed by atoms with Crippen LogP contribution >= 0.6 is 0 Å². The summed E-state index contributed by atoms with van der Waals surface area (Å²) >= 11 is 0. The van der Waals surface area contributed by atoms with Gasteiger partial charge in [0, 0.05) is 23.5 Å². The molecule has 0 saturated heterocycles. The molecule has 5 heteroatoms. The molecule has 0 unspecified atom stereocenters. The van der Waals surface area contributed by atoms with Crippen LogP contribution in [-0.4, -0.2) is 19.9 Å². The van der Waals surface area contributed by atoms with Gasteiger partial charge in [-0.3, -0.25) is 4.98 Å². The number of benzene rings is 1. The first kappa shape index (κ1) is 11.8. The largest absolute Gasteiger partial charge is 0.424 e. The lowest BCUT2D eigenvalue weighted by molar-refractivity contribution is 0.447. The van der Waals surface area contributed by atoms with Crippen LogP contribution in [0.1, 0.15) is 5.69 Å². The summed E-state index contributed by atoms with van der Waals surface area (Å²) in [6, 6.07) is 10.0. The van der Waals surface area contributed by atoms with E-state index in [2.05, 4.69) is 19.9 Å². The van der Waals surface area contributed by atoms with E-state index >= 15 is 0 Å². The van der Waals surface area contributed by atoms with Gasteiger partial charge in [-0.05, 0) is 31.2 Å². The summed E-state index contributed by atoms with van der Waals surface area (Å²) in [5, 5.41) is 2.11. The average molecular weight is 276 g/mol. The van der Waals surface area contributed by atoms with Crippen LogP contribution < -0.4 is 4.74 Å². The third kappa shape index (κ3) is 1.99. The van der Waals surface area contributed by atoms with Gasteiger partial charge in [0.15, 0.2) is 0 Å². The minimum Gasteiger partial charge on any atom is -0.424 e. The fraction of sp³-hybridized carbons (Fsp3) is 0.0625. The first-order valence-electron chi connectivity index (χ1n) is 6.63. The van der Waals surface area contributed by atoms with Gasteiger partial charge in [0.05, 0.1) is 22.6 Å². The number of fused-ring (bicyclic) bond motifs is 3. The maximum absolute atomic E-state index is 5.84. The van der Waals surface area contributed by atoms with Crippen LogP contribution in [0.5, 0.6) is 11.8 Å². The Labute approximate surface area is 120 Å². The van der Waals surface area contributed by atoms with E-state index in [0.29, 0.717) is 6.01 Å². The molecule has 3 aromatic heterocycles. The van der Waals surface area contributed by atoms with Gasteiger partial charge in [-0.15, -0.1) is 0 Å². The molecule has 0 fully saturated rings. The smallest absolute Gasteiger partial charge is 0.321 e. The number of hydrogen-bond acceptors (Lipinski definition) is 4. The Bertz CT molecular complexity index is 931. The predicted octanol–water partition coefficient (Wildman–Crippen LogP) is 3.61. The number of H-pyrrole nitrogens is 1. The van der Waals surface area contributed by atoms with Crippen molar-refractivity contribution in [2.45, 2.75) is 6.92 Å². The standard InChI is InChI=1S/C16H12N4O/c1-10-8-11-13(9-19-10)20-12-4-2-5-14(15(11)12)21-16-17-6-3-7-18-16/h2-9,20H,1H3.